The lowest BCUT2D eigenvalue weighted by molar-refractivity contribution is -0.259. The minimum atomic E-state index is -0.289. The molecule has 2 heterocycles. The number of benzene rings is 2. The van der Waals surface area contributed by atoms with Gasteiger partial charge in [0.1, 0.15) is 12.3 Å². The van der Waals surface area contributed by atoms with Crippen molar-refractivity contribution in [2.45, 2.75) is 6.92 Å². The number of anilines is 1. The zero-order valence-corrected chi connectivity index (χ0v) is 17.7. The number of carbonyl (C=O) groups excluding carboxylic acids is 1. The molecule has 1 N–H and O–H groups in total. The Labute approximate surface area is 184 Å². The molecule has 162 valence electrons. The Bertz CT molecular complexity index is 1250. The van der Waals surface area contributed by atoms with E-state index in [0.717, 1.165) is 5.69 Å². The van der Waals surface area contributed by atoms with Crippen molar-refractivity contribution >= 4 is 23.4 Å². The number of allylic oxidation sites excluding steroid dienone is 2. The fourth-order valence-electron chi connectivity index (χ4n) is 3.35. The summed E-state index contributed by atoms with van der Waals surface area (Å²) in [6.07, 6.45) is 4.96. The van der Waals surface area contributed by atoms with Crippen LogP contribution >= 0.6 is 0 Å². The van der Waals surface area contributed by atoms with Crippen molar-refractivity contribution in [1.82, 2.24) is 9.78 Å². The summed E-state index contributed by atoms with van der Waals surface area (Å²) in [5, 5.41) is 8.78. The van der Waals surface area contributed by atoms with Gasteiger partial charge in [0.15, 0.2) is 0 Å². The molecule has 0 radical (unpaired) electrons. The highest BCUT2D eigenvalue weighted by atomic mass is 17.2. The van der Waals surface area contributed by atoms with E-state index in [0.29, 0.717) is 28.2 Å². The number of para-hydroxylation sites is 2. The predicted molar refractivity (Wildman–Crippen MR) is 123 cm³/mol. The lowest BCUT2D eigenvalue weighted by Gasteiger charge is -2.10. The Morgan fingerprint density at radius 3 is 2.31 bits per heavy atom. The van der Waals surface area contributed by atoms with Crippen molar-refractivity contribution in [3.8, 4) is 5.69 Å². The van der Waals surface area contributed by atoms with E-state index in [1.807, 2.05) is 55.5 Å². The summed E-state index contributed by atoms with van der Waals surface area (Å²) < 4.78 is 1.49. The third kappa shape index (κ3) is 4.22. The highest BCUT2D eigenvalue weighted by Gasteiger charge is 2.30. The molecule has 3 aromatic rings. The summed E-state index contributed by atoms with van der Waals surface area (Å²) in [6, 6.07) is 18.4. The van der Waals surface area contributed by atoms with Crippen LogP contribution in [0.5, 0.6) is 0 Å². The van der Waals surface area contributed by atoms with Gasteiger partial charge >= 0.3 is 0 Å². The normalized spacial score (nSPS) is 15.2. The first-order valence-electron chi connectivity index (χ1n) is 9.98. The minimum absolute atomic E-state index is 0.00917. The van der Waals surface area contributed by atoms with Gasteiger partial charge in [-0.2, -0.15) is 10.1 Å². The second-order valence-electron chi connectivity index (χ2n) is 6.99. The molecule has 1 aromatic heterocycles. The summed E-state index contributed by atoms with van der Waals surface area (Å²) in [7, 11) is 1.39. The average molecular weight is 430 g/mol. The molecule has 0 bridgehead atoms. The first kappa shape index (κ1) is 21.2. The molecule has 32 heavy (non-hydrogen) atoms. The molecular weight excluding hydrogens is 408 g/mol. The van der Waals surface area contributed by atoms with Crippen LogP contribution in [0.3, 0.4) is 0 Å². The zero-order chi connectivity index (χ0) is 22.5. The van der Waals surface area contributed by atoms with Crippen molar-refractivity contribution in [3.05, 3.63) is 100.0 Å². The predicted octanol–water partition coefficient (Wildman–Crippen LogP) is 3.39. The van der Waals surface area contributed by atoms with E-state index in [-0.39, 0.29) is 18.1 Å². The second-order valence-corrected chi connectivity index (χ2v) is 6.99. The Morgan fingerprint density at radius 2 is 1.66 bits per heavy atom. The number of H-pyrrole nitrogens is 1. The van der Waals surface area contributed by atoms with Gasteiger partial charge in [0.2, 0.25) is 0 Å². The van der Waals surface area contributed by atoms with Crippen LogP contribution in [0.2, 0.25) is 0 Å². The van der Waals surface area contributed by atoms with E-state index in [9.17, 15) is 9.59 Å². The smallest absolute Gasteiger partial charge is 0.280 e. The average Bonchev–Trinajstić information content (AvgIpc) is 3.29. The molecule has 8 heteroatoms. The summed E-state index contributed by atoms with van der Waals surface area (Å²) in [5.74, 6) is -0.289. The van der Waals surface area contributed by atoms with Gasteiger partial charge in [0, 0.05) is 5.69 Å². The van der Waals surface area contributed by atoms with Crippen molar-refractivity contribution in [1.29, 1.82) is 0 Å². The van der Waals surface area contributed by atoms with Crippen molar-refractivity contribution in [2.75, 3.05) is 18.7 Å². The van der Waals surface area contributed by atoms with Crippen molar-refractivity contribution in [2.24, 2.45) is 5.10 Å². The minimum Gasteiger partial charge on any atom is -0.295 e. The second kappa shape index (κ2) is 9.42. The fraction of sp³-hybridized carbons (Fsp3) is 0.125. The molecule has 0 fully saturated rings. The van der Waals surface area contributed by atoms with Crippen LogP contribution in [0, 0.1) is 6.92 Å². The number of hydrazone groups is 1. The molecule has 0 aliphatic carbocycles. The number of hydrogen-bond donors (Lipinski definition) is 1. The van der Waals surface area contributed by atoms with E-state index >= 15 is 0 Å². The van der Waals surface area contributed by atoms with Crippen molar-refractivity contribution < 1.29 is 14.6 Å². The maximum absolute atomic E-state index is 13.0. The Balaban J connectivity index is 1.63. The summed E-state index contributed by atoms with van der Waals surface area (Å²) >= 11 is 0. The third-order valence-electron chi connectivity index (χ3n) is 4.93. The van der Waals surface area contributed by atoms with Crippen LogP contribution in [-0.2, 0) is 14.6 Å². The molecule has 2 aromatic carbocycles. The van der Waals surface area contributed by atoms with E-state index < -0.39 is 0 Å². The molecule has 1 aliphatic rings. The van der Waals surface area contributed by atoms with Gasteiger partial charge in [-0.25, -0.2) is 14.5 Å². The van der Waals surface area contributed by atoms with E-state index in [1.165, 1.54) is 16.8 Å². The summed E-state index contributed by atoms with van der Waals surface area (Å²) in [4.78, 5) is 35.5. The van der Waals surface area contributed by atoms with Crippen LogP contribution in [-0.4, -0.2) is 35.1 Å². The maximum Gasteiger partial charge on any atom is 0.280 e. The number of nitrogens with zero attached hydrogens (tertiary/aromatic N) is 3. The topological polar surface area (TPSA) is 88.9 Å². The zero-order valence-electron chi connectivity index (χ0n) is 17.7. The molecule has 4 rings (SSSR count). The van der Waals surface area contributed by atoms with Gasteiger partial charge in [-0.15, -0.1) is 0 Å². The molecule has 0 spiro atoms. The number of aromatic amines is 1. The van der Waals surface area contributed by atoms with Crippen LogP contribution in [0.15, 0.2) is 88.3 Å². The number of hydrogen-bond acceptors (Lipinski definition) is 5. The number of nitrogens with one attached hydrogen (secondary N) is 1. The standard InChI is InChI=1S/C24H22N4O4/c1-17-20(23(29)27(25-17)18-10-5-3-6-11-18)14-9-15-21-22(16-32-31-2)26-28(24(21)30)19-12-7-4-8-13-19/h3-15,25H,16H2,1-2H3/b14-9+,21-15-. The molecule has 8 nitrogen and oxygen atoms in total. The Kier molecular flexibility index (Phi) is 6.25. The summed E-state index contributed by atoms with van der Waals surface area (Å²) in [5.41, 5.74) is 3.22. The van der Waals surface area contributed by atoms with Gasteiger partial charge < -0.3 is 0 Å². The van der Waals surface area contributed by atoms with Crippen molar-refractivity contribution in [3.63, 3.8) is 0 Å². The van der Waals surface area contributed by atoms with E-state index in [1.54, 1.807) is 30.4 Å². The van der Waals surface area contributed by atoms with Gasteiger partial charge in [0.05, 0.1) is 29.6 Å². The molecule has 0 saturated heterocycles. The SMILES string of the molecule is COOCC1=NN(c2ccccc2)C(=O)/C1=C\C=C\c1c(C)[nH]n(-c2ccccc2)c1=O. The third-order valence-corrected chi connectivity index (χ3v) is 4.93. The fourth-order valence-corrected chi connectivity index (χ4v) is 3.35. The number of aryl methyl sites for hydroxylation is 1. The lowest BCUT2D eigenvalue weighted by Crippen LogP contribution is -2.21. The van der Waals surface area contributed by atoms with Crippen LogP contribution in [0.25, 0.3) is 11.8 Å². The maximum atomic E-state index is 13.0. The molecule has 0 atom stereocenters. The molecular formula is C24H22N4O4. The molecule has 1 aliphatic heterocycles. The number of amides is 1. The molecule has 0 saturated carbocycles. The van der Waals surface area contributed by atoms with E-state index in [2.05, 4.69) is 15.1 Å². The van der Waals surface area contributed by atoms with Gasteiger partial charge in [-0.3, -0.25) is 14.7 Å². The first-order valence-corrected chi connectivity index (χ1v) is 9.98. The highest BCUT2D eigenvalue weighted by molar-refractivity contribution is 6.31. The molecule has 1 amide bonds. The quantitative estimate of drug-likeness (QED) is 0.354. The van der Waals surface area contributed by atoms with Crippen LogP contribution < -0.4 is 10.6 Å². The highest BCUT2D eigenvalue weighted by Crippen LogP contribution is 2.23. The summed E-state index contributed by atoms with van der Waals surface area (Å²) in [6.45, 7) is 1.83. The Morgan fingerprint density at radius 1 is 1.00 bits per heavy atom. The van der Waals surface area contributed by atoms with Gasteiger partial charge in [-0.1, -0.05) is 42.5 Å². The van der Waals surface area contributed by atoms with Gasteiger partial charge in [-0.05, 0) is 43.3 Å². The monoisotopic (exact) mass is 430 g/mol. The number of rotatable bonds is 7. The lowest BCUT2D eigenvalue weighted by atomic mass is 10.1. The van der Waals surface area contributed by atoms with Crippen LogP contribution in [0.4, 0.5) is 5.69 Å². The first-order chi connectivity index (χ1) is 15.6. The Hall–Kier alpha value is -4.01. The van der Waals surface area contributed by atoms with Crippen LogP contribution in [0.1, 0.15) is 11.3 Å². The van der Waals surface area contributed by atoms with Gasteiger partial charge in [0.25, 0.3) is 11.5 Å². The number of aromatic nitrogens is 2. The number of carbonyl (C=O) groups is 1. The largest absolute Gasteiger partial charge is 0.295 e. The molecule has 0 unspecified atom stereocenters. The van der Waals surface area contributed by atoms with E-state index in [4.69, 9.17) is 4.89 Å².